The number of phosphoric acid groups is 1. The molecule has 18 unspecified atom stereocenters. The summed E-state index contributed by atoms with van der Waals surface area (Å²) < 4.78 is 65.0. The van der Waals surface area contributed by atoms with Gasteiger partial charge in [0.2, 0.25) is 0 Å². The summed E-state index contributed by atoms with van der Waals surface area (Å²) in [5.41, 5.74) is 0. The van der Waals surface area contributed by atoms with Crippen LogP contribution in [0.5, 0.6) is 0 Å². The molecule has 11 N–H and O–H groups in total. The first-order valence-electron chi connectivity index (χ1n) is 38.6. The number of aliphatic hydroxyl groups excluding tert-OH is 10. The van der Waals surface area contributed by atoms with Crippen molar-refractivity contribution >= 4 is 25.7 Å². The van der Waals surface area contributed by atoms with E-state index in [1.807, 2.05) is 0 Å². The maximum Gasteiger partial charge on any atom is 0.472 e. The first-order valence-corrected chi connectivity index (χ1v) is 40.1. The molecule has 0 aromatic heterocycles. The minimum atomic E-state index is -5.70. The third kappa shape index (κ3) is 38.9. The molecule has 0 spiro atoms. The third-order valence-electron chi connectivity index (χ3n) is 19.0. The Morgan fingerprint density at radius 2 is 0.707 bits per heavy atom. The van der Waals surface area contributed by atoms with Gasteiger partial charge in [-0.1, -0.05) is 231 Å². The van der Waals surface area contributed by atoms with E-state index in [9.17, 15) is 74.9 Å². The average molecular weight is 1440 g/mol. The fraction of sp³-hybridized carbons (Fsp3) is 0.905. The number of unbranched alkanes of at least 4 members (excludes halogenated alkanes) is 35. The van der Waals surface area contributed by atoms with Gasteiger partial charge in [0, 0.05) is 19.3 Å². The van der Waals surface area contributed by atoms with Crippen molar-refractivity contribution in [2.75, 3.05) is 26.4 Å². The number of aliphatic hydroxyl groups is 10. The number of carbonyl (C=O) groups is 3. The molecule has 1 saturated carbocycles. The van der Waals surface area contributed by atoms with Gasteiger partial charge >= 0.3 is 25.7 Å². The van der Waals surface area contributed by atoms with Crippen molar-refractivity contribution in [3.8, 4) is 0 Å². The van der Waals surface area contributed by atoms with Crippen molar-refractivity contribution in [2.24, 2.45) is 0 Å². The molecule has 0 aromatic rings. The molecule has 3 fully saturated rings. The van der Waals surface area contributed by atoms with Crippen molar-refractivity contribution in [1.82, 2.24) is 0 Å². The van der Waals surface area contributed by atoms with Crippen molar-refractivity contribution in [3.05, 3.63) is 24.3 Å². The number of ether oxygens (including phenoxy) is 7. The fourth-order valence-electron chi connectivity index (χ4n) is 12.6. The van der Waals surface area contributed by atoms with Gasteiger partial charge in [-0.25, -0.2) is 4.57 Å². The van der Waals surface area contributed by atoms with E-state index in [4.69, 9.17) is 42.2 Å². The highest BCUT2D eigenvalue weighted by Gasteiger charge is 2.58. The number of hydrogen-bond donors (Lipinski definition) is 11. The van der Waals surface area contributed by atoms with Crippen molar-refractivity contribution in [2.45, 2.75) is 401 Å². The summed E-state index contributed by atoms with van der Waals surface area (Å²) in [5.74, 6) is -2.02. The van der Waals surface area contributed by atoms with E-state index in [2.05, 4.69) is 45.1 Å². The summed E-state index contributed by atoms with van der Waals surface area (Å²) in [6.07, 6.45) is 16.7. The van der Waals surface area contributed by atoms with Crippen LogP contribution in [0.3, 0.4) is 0 Å². The standard InChI is InChI=1S/C74H135O24P/c1-4-7-10-13-16-19-22-25-27-28-29-32-34-36-39-42-45-48-58(76)90-52-55(93-60(78)50-47-44-41-38-35-31-26-23-20-17-14-11-8-5-2)53-92-99(88,89)98-72-70(96-73-68(86)63(81)61(79)56(51-75)94-73)66(84)65(83)67(85)71(72)97-74-69(87)64(82)62(80)57(95-74)54-91-59(77)49-46-43-40-37-33-30-24-21-18-15-12-9-6-3/h30-31,33,35,55-57,61-75,79-87H,4-29,32,34,36-54H2,1-3H3,(H,88,89)/b33-30-,35-31-. The van der Waals surface area contributed by atoms with Crippen LogP contribution in [-0.4, -0.2) is 204 Å². The van der Waals surface area contributed by atoms with Crippen LogP contribution in [0.4, 0.5) is 0 Å². The monoisotopic (exact) mass is 1440 g/mol. The first kappa shape index (κ1) is 90.7. The van der Waals surface area contributed by atoms with Crippen molar-refractivity contribution in [3.63, 3.8) is 0 Å². The molecule has 580 valence electrons. The molecule has 2 heterocycles. The molecule has 0 bridgehead atoms. The van der Waals surface area contributed by atoms with E-state index < -0.39 is 156 Å². The maximum atomic E-state index is 14.3. The second-order valence-electron chi connectivity index (χ2n) is 27.7. The Bertz CT molecular complexity index is 2140. The summed E-state index contributed by atoms with van der Waals surface area (Å²) in [7, 11) is -5.70. The van der Waals surface area contributed by atoms with Crippen LogP contribution >= 0.6 is 7.82 Å². The quantitative estimate of drug-likeness (QED) is 0.00886. The van der Waals surface area contributed by atoms with Crippen LogP contribution in [0, 0.1) is 0 Å². The number of allylic oxidation sites excluding steroid dienone is 4. The SMILES string of the molecule is CCCCCCCC/C=C\CCCCCC(=O)OCC1OC(OC2C(O)C(O)C(O)C(OC3OC(CO)C(O)C(O)C3O)C2OP(=O)(O)OCC(COC(=O)CCCCCCCCCCCCCCCCCCC)OC(=O)CCCCC/C=C\CCCCCCCCC)C(O)C(O)C1O. The Morgan fingerprint density at radius 3 is 1.10 bits per heavy atom. The topological polar surface area (TPSA) is 374 Å². The zero-order chi connectivity index (χ0) is 72.5. The van der Waals surface area contributed by atoms with E-state index in [1.54, 1.807) is 0 Å². The van der Waals surface area contributed by atoms with E-state index in [0.717, 1.165) is 83.5 Å². The highest BCUT2D eigenvalue weighted by molar-refractivity contribution is 7.47. The number of carbonyl (C=O) groups excluding carboxylic acids is 3. The van der Waals surface area contributed by atoms with Crippen LogP contribution in [0.15, 0.2) is 24.3 Å². The lowest BCUT2D eigenvalue weighted by Crippen LogP contribution is -2.69. The molecule has 0 aromatic carbocycles. The van der Waals surface area contributed by atoms with Gasteiger partial charge in [0.05, 0.1) is 13.2 Å². The van der Waals surface area contributed by atoms with Gasteiger partial charge < -0.3 is 89.1 Å². The number of phosphoric ester groups is 1. The zero-order valence-corrected chi connectivity index (χ0v) is 61.4. The van der Waals surface area contributed by atoms with Gasteiger partial charge in [-0.15, -0.1) is 0 Å². The Labute approximate surface area is 592 Å². The molecule has 2 saturated heterocycles. The van der Waals surface area contributed by atoms with E-state index in [1.165, 1.54) is 148 Å². The van der Waals surface area contributed by atoms with Crippen molar-refractivity contribution in [1.29, 1.82) is 0 Å². The van der Waals surface area contributed by atoms with Crippen LogP contribution in [0.1, 0.15) is 297 Å². The molecule has 0 radical (unpaired) electrons. The van der Waals surface area contributed by atoms with Gasteiger partial charge in [-0.05, 0) is 70.6 Å². The second kappa shape index (κ2) is 55.9. The number of rotatable bonds is 60. The number of hydrogen-bond acceptors (Lipinski definition) is 23. The lowest BCUT2D eigenvalue weighted by molar-refractivity contribution is -0.360. The molecule has 3 aliphatic rings. The lowest BCUT2D eigenvalue weighted by atomic mass is 9.84. The highest BCUT2D eigenvalue weighted by atomic mass is 31.2. The maximum absolute atomic E-state index is 14.3. The molecule has 0 amide bonds. The summed E-state index contributed by atoms with van der Waals surface area (Å²) >= 11 is 0. The first-order chi connectivity index (χ1) is 47.8. The van der Waals surface area contributed by atoms with E-state index in [-0.39, 0.29) is 19.3 Å². The Hall–Kier alpha value is -2.56. The summed E-state index contributed by atoms with van der Waals surface area (Å²) in [4.78, 5) is 51.0. The Kier molecular flexibility index (Phi) is 51.2. The summed E-state index contributed by atoms with van der Waals surface area (Å²) in [6.45, 7) is 3.42. The number of esters is 3. The molecule has 18 atom stereocenters. The van der Waals surface area contributed by atoms with E-state index in [0.29, 0.717) is 25.7 Å². The molecule has 24 nitrogen and oxygen atoms in total. The predicted octanol–water partition coefficient (Wildman–Crippen LogP) is 10.9. The van der Waals surface area contributed by atoms with Crippen LogP contribution in [-0.2, 0) is 61.2 Å². The van der Waals surface area contributed by atoms with E-state index >= 15 is 0 Å². The third-order valence-corrected chi connectivity index (χ3v) is 19.9. The lowest BCUT2D eigenvalue weighted by Gasteiger charge is -2.49. The van der Waals surface area contributed by atoms with Crippen LogP contribution in [0.2, 0.25) is 0 Å². The molecule has 25 heteroatoms. The van der Waals surface area contributed by atoms with Crippen molar-refractivity contribution < 1.29 is 117 Å². The van der Waals surface area contributed by atoms with Gasteiger partial charge in [-0.2, -0.15) is 0 Å². The van der Waals surface area contributed by atoms with Gasteiger partial charge in [0.1, 0.15) is 98.7 Å². The summed E-state index contributed by atoms with van der Waals surface area (Å²) in [6, 6.07) is 0. The molecule has 2 aliphatic heterocycles. The molecule has 99 heavy (non-hydrogen) atoms. The summed E-state index contributed by atoms with van der Waals surface area (Å²) in [5, 5.41) is 110. The molecule has 3 rings (SSSR count). The Balaban J connectivity index is 1.73. The smallest absolute Gasteiger partial charge is 0.463 e. The predicted molar refractivity (Wildman–Crippen MR) is 374 cm³/mol. The normalized spacial score (nSPS) is 27.6. The molecular weight excluding hydrogens is 1300 g/mol. The minimum Gasteiger partial charge on any atom is -0.463 e. The van der Waals surface area contributed by atoms with Gasteiger partial charge in [-0.3, -0.25) is 23.4 Å². The largest absolute Gasteiger partial charge is 0.472 e. The van der Waals surface area contributed by atoms with Crippen LogP contribution < -0.4 is 0 Å². The molecular formula is C74H135O24P. The highest BCUT2D eigenvalue weighted by Crippen LogP contribution is 2.49. The van der Waals surface area contributed by atoms with Crippen LogP contribution in [0.25, 0.3) is 0 Å². The Morgan fingerprint density at radius 1 is 0.384 bits per heavy atom. The van der Waals surface area contributed by atoms with Gasteiger partial charge in [0.15, 0.2) is 18.7 Å². The molecule has 1 aliphatic carbocycles. The second-order valence-corrected chi connectivity index (χ2v) is 29.1. The average Bonchev–Trinajstić information content (AvgIpc) is 0.762. The van der Waals surface area contributed by atoms with Gasteiger partial charge in [0.25, 0.3) is 0 Å². The fourth-order valence-corrected chi connectivity index (χ4v) is 13.6. The minimum absolute atomic E-state index is 0.00763. The zero-order valence-electron chi connectivity index (χ0n) is 60.5.